The summed E-state index contributed by atoms with van der Waals surface area (Å²) in [5, 5.41) is 0. The van der Waals surface area contributed by atoms with Gasteiger partial charge in [0.05, 0.1) is 30.7 Å². The molecular formula is C15H19ClN2O2. The van der Waals surface area contributed by atoms with Crippen LogP contribution in [0.3, 0.4) is 0 Å². The number of alkyl halides is 1. The molecule has 0 amide bonds. The zero-order valence-corrected chi connectivity index (χ0v) is 12.6. The molecule has 20 heavy (non-hydrogen) atoms. The van der Waals surface area contributed by atoms with Crippen molar-refractivity contribution in [3.05, 3.63) is 24.0 Å². The van der Waals surface area contributed by atoms with Crippen LogP contribution in [0.1, 0.15) is 25.6 Å². The van der Waals surface area contributed by atoms with Crippen molar-refractivity contribution in [2.24, 2.45) is 0 Å². The van der Waals surface area contributed by atoms with Crippen molar-refractivity contribution >= 4 is 22.6 Å². The molecule has 0 N–H and O–H groups in total. The topological polar surface area (TPSA) is 36.3 Å². The third kappa shape index (κ3) is 2.07. The number of methoxy groups -OCH3 is 1. The summed E-state index contributed by atoms with van der Waals surface area (Å²) in [6.45, 7) is 3.74. The number of para-hydroxylation sites is 1. The normalized spacial score (nSPS) is 23.1. The molecule has 4 nitrogen and oxygen atoms in total. The summed E-state index contributed by atoms with van der Waals surface area (Å²) < 4.78 is 13.3. The van der Waals surface area contributed by atoms with Gasteiger partial charge in [0.1, 0.15) is 17.1 Å². The Kier molecular flexibility index (Phi) is 3.61. The van der Waals surface area contributed by atoms with E-state index >= 15 is 0 Å². The fourth-order valence-corrected chi connectivity index (χ4v) is 3.25. The first kappa shape index (κ1) is 13.7. The highest BCUT2D eigenvalue weighted by atomic mass is 35.5. The smallest absolute Gasteiger partial charge is 0.146 e. The molecule has 2 heterocycles. The van der Waals surface area contributed by atoms with Gasteiger partial charge in [0, 0.05) is 6.61 Å². The number of benzene rings is 1. The van der Waals surface area contributed by atoms with Gasteiger partial charge in [-0.15, -0.1) is 11.6 Å². The number of aromatic nitrogens is 2. The van der Waals surface area contributed by atoms with E-state index in [-0.39, 0.29) is 5.54 Å². The van der Waals surface area contributed by atoms with Crippen LogP contribution in [0.25, 0.3) is 11.0 Å². The highest BCUT2D eigenvalue weighted by molar-refractivity contribution is 6.16. The first-order valence-electron chi connectivity index (χ1n) is 6.88. The van der Waals surface area contributed by atoms with Crippen LogP contribution < -0.4 is 4.74 Å². The number of ether oxygens (including phenoxy) is 2. The lowest BCUT2D eigenvalue weighted by Crippen LogP contribution is -2.39. The van der Waals surface area contributed by atoms with Crippen molar-refractivity contribution in [2.45, 2.75) is 31.2 Å². The van der Waals surface area contributed by atoms with E-state index < -0.39 is 0 Å². The Morgan fingerprint density at radius 2 is 2.35 bits per heavy atom. The Morgan fingerprint density at radius 3 is 3.00 bits per heavy atom. The van der Waals surface area contributed by atoms with Crippen molar-refractivity contribution in [3.63, 3.8) is 0 Å². The molecule has 2 aromatic rings. The maximum absolute atomic E-state index is 6.12. The molecule has 0 radical (unpaired) electrons. The van der Waals surface area contributed by atoms with Gasteiger partial charge in [0.2, 0.25) is 0 Å². The second-order valence-electron chi connectivity index (χ2n) is 5.48. The van der Waals surface area contributed by atoms with Gasteiger partial charge in [0.15, 0.2) is 0 Å². The molecule has 108 valence electrons. The monoisotopic (exact) mass is 294 g/mol. The van der Waals surface area contributed by atoms with E-state index in [2.05, 4.69) is 22.5 Å². The lowest BCUT2D eigenvalue weighted by Gasteiger charge is -2.36. The lowest BCUT2D eigenvalue weighted by atomic mass is 9.94. The first-order valence-corrected chi connectivity index (χ1v) is 7.41. The molecule has 5 heteroatoms. The van der Waals surface area contributed by atoms with E-state index in [1.54, 1.807) is 7.11 Å². The molecule has 1 aromatic heterocycles. The van der Waals surface area contributed by atoms with Crippen molar-refractivity contribution in [1.82, 2.24) is 9.55 Å². The van der Waals surface area contributed by atoms with Crippen molar-refractivity contribution in [1.29, 1.82) is 0 Å². The van der Waals surface area contributed by atoms with E-state index in [0.29, 0.717) is 12.5 Å². The van der Waals surface area contributed by atoms with Crippen molar-refractivity contribution in [3.8, 4) is 5.75 Å². The summed E-state index contributed by atoms with van der Waals surface area (Å²) in [5.41, 5.74) is 1.84. The average molecular weight is 295 g/mol. The van der Waals surface area contributed by atoms with E-state index in [1.165, 1.54) is 0 Å². The molecule has 0 saturated carbocycles. The number of hydrogen-bond donors (Lipinski definition) is 0. The van der Waals surface area contributed by atoms with E-state index in [9.17, 15) is 0 Å². The zero-order valence-electron chi connectivity index (χ0n) is 11.9. The van der Waals surface area contributed by atoms with Crippen LogP contribution >= 0.6 is 11.6 Å². The molecular weight excluding hydrogens is 276 g/mol. The summed E-state index contributed by atoms with van der Waals surface area (Å²) in [7, 11) is 1.67. The predicted molar refractivity (Wildman–Crippen MR) is 79.5 cm³/mol. The minimum atomic E-state index is -0.0937. The Hall–Kier alpha value is -1.26. The largest absolute Gasteiger partial charge is 0.494 e. The number of nitrogens with zero attached hydrogens (tertiary/aromatic N) is 2. The van der Waals surface area contributed by atoms with Crippen molar-refractivity contribution < 1.29 is 9.47 Å². The molecule has 1 atom stereocenters. The third-order valence-corrected chi connectivity index (χ3v) is 4.25. The van der Waals surface area contributed by atoms with Gasteiger partial charge >= 0.3 is 0 Å². The molecule has 0 aliphatic carbocycles. The Balaban J connectivity index is 2.22. The molecule has 3 rings (SSSR count). The maximum atomic E-state index is 6.12. The first-order chi connectivity index (χ1) is 9.69. The molecule has 1 fully saturated rings. The van der Waals surface area contributed by atoms with E-state index in [0.717, 1.165) is 42.1 Å². The third-order valence-electron chi connectivity index (χ3n) is 4.01. The quantitative estimate of drug-likeness (QED) is 0.815. The van der Waals surface area contributed by atoms with Crippen molar-refractivity contribution in [2.75, 3.05) is 20.3 Å². The van der Waals surface area contributed by atoms with Gasteiger partial charge in [0.25, 0.3) is 0 Å². The number of rotatable bonds is 3. The SMILES string of the molecule is COc1cccc2c1nc(CCl)n2C1(C)CCCOC1. The van der Waals surface area contributed by atoms with E-state index in [1.807, 2.05) is 12.1 Å². The number of imidazole rings is 1. The number of fused-ring (bicyclic) bond motifs is 1. The summed E-state index contributed by atoms with van der Waals surface area (Å²) in [6.07, 6.45) is 2.13. The molecule has 1 unspecified atom stereocenters. The van der Waals surface area contributed by atoms with Gasteiger partial charge in [-0.1, -0.05) is 6.07 Å². The Bertz CT molecular complexity index is 618. The van der Waals surface area contributed by atoms with Crippen LogP contribution in [0, 0.1) is 0 Å². The predicted octanol–water partition coefficient (Wildman–Crippen LogP) is 3.31. The van der Waals surface area contributed by atoms with Gasteiger partial charge in [-0.25, -0.2) is 4.98 Å². The van der Waals surface area contributed by atoms with Gasteiger partial charge in [-0.05, 0) is 31.9 Å². The second kappa shape index (κ2) is 5.26. The summed E-state index contributed by atoms with van der Waals surface area (Å²) in [6, 6.07) is 5.99. The summed E-state index contributed by atoms with van der Waals surface area (Å²) >= 11 is 6.12. The van der Waals surface area contributed by atoms with Crippen LogP contribution in [0.5, 0.6) is 5.75 Å². The zero-order chi connectivity index (χ0) is 14.2. The van der Waals surface area contributed by atoms with Crippen LogP contribution in [0.4, 0.5) is 0 Å². The fourth-order valence-electron chi connectivity index (χ4n) is 3.07. The van der Waals surface area contributed by atoms with Crippen LogP contribution in [-0.2, 0) is 16.2 Å². The number of halogens is 1. The molecule has 1 aliphatic heterocycles. The Morgan fingerprint density at radius 1 is 1.50 bits per heavy atom. The molecule has 1 saturated heterocycles. The van der Waals surface area contributed by atoms with Gasteiger partial charge < -0.3 is 14.0 Å². The summed E-state index contributed by atoms with van der Waals surface area (Å²) in [4.78, 5) is 4.67. The van der Waals surface area contributed by atoms with Gasteiger partial charge in [-0.3, -0.25) is 0 Å². The molecule has 1 aliphatic rings. The van der Waals surface area contributed by atoms with Crippen LogP contribution in [0.2, 0.25) is 0 Å². The maximum Gasteiger partial charge on any atom is 0.146 e. The molecule has 0 spiro atoms. The molecule has 0 bridgehead atoms. The standard InChI is InChI=1S/C15H19ClN2O2/c1-15(7-4-8-20-10-15)18-11-5-3-6-12(19-2)14(11)17-13(18)9-16/h3,5-6H,4,7-10H2,1-2H3. The highest BCUT2D eigenvalue weighted by Gasteiger charge is 2.33. The van der Waals surface area contributed by atoms with Crippen LogP contribution in [-0.4, -0.2) is 29.9 Å². The molecule has 1 aromatic carbocycles. The Labute approximate surface area is 123 Å². The fraction of sp³-hybridized carbons (Fsp3) is 0.533. The summed E-state index contributed by atoms with van der Waals surface area (Å²) in [5.74, 6) is 2.04. The lowest BCUT2D eigenvalue weighted by molar-refractivity contribution is 0.0104. The van der Waals surface area contributed by atoms with Gasteiger partial charge in [-0.2, -0.15) is 0 Å². The second-order valence-corrected chi connectivity index (χ2v) is 5.75. The number of hydrogen-bond acceptors (Lipinski definition) is 3. The average Bonchev–Trinajstić information content (AvgIpc) is 2.87. The highest BCUT2D eigenvalue weighted by Crippen LogP contribution is 2.35. The minimum Gasteiger partial charge on any atom is -0.494 e. The minimum absolute atomic E-state index is 0.0937. The van der Waals surface area contributed by atoms with Crippen LogP contribution in [0.15, 0.2) is 18.2 Å². The van der Waals surface area contributed by atoms with E-state index in [4.69, 9.17) is 21.1 Å².